The molecular weight excluding hydrogens is 260 g/mol. The van der Waals surface area contributed by atoms with Gasteiger partial charge in [0.25, 0.3) is 0 Å². The van der Waals surface area contributed by atoms with Crippen molar-refractivity contribution in [1.29, 1.82) is 0 Å². The molecule has 0 amide bonds. The minimum absolute atomic E-state index is 0.338. The summed E-state index contributed by atoms with van der Waals surface area (Å²) in [5, 5.41) is 2.06. The third kappa shape index (κ3) is 2.24. The van der Waals surface area contributed by atoms with E-state index in [1.807, 2.05) is 12.1 Å². The van der Waals surface area contributed by atoms with Crippen LogP contribution in [0.3, 0.4) is 0 Å². The Balaban J connectivity index is 1.98. The summed E-state index contributed by atoms with van der Waals surface area (Å²) in [6.07, 6.45) is 1.80. The normalized spacial score (nSPS) is 10.8. The lowest BCUT2D eigenvalue weighted by atomic mass is 10.2. The molecule has 2 heterocycles. The fraction of sp³-hybridized carbons (Fsp3) is 0.143. The number of benzene rings is 1. The average molecular weight is 272 g/mol. The van der Waals surface area contributed by atoms with Crippen molar-refractivity contribution in [3.8, 4) is 0 Å². The second-order valence-corrected chi connectivity index (χ2v) is 5.18. The Labute approximate surface area is 114 Å². The molecule has 0 bridgehead atoms. The maximum Gasteiger partial charge on any atom is 0.337 e. The van der Waals surface area contributed by atoms with Crippen molar-refractivity contribution in [1.82, 2.24) is 9.55 Å². The Bertz CT molecular complexity index is 716. The number of methoxy groups -OCH3 is 1. The summed E-state index contributed by atoms with van der Waals surface area (Å²) in [6, 6.07) is 9.56. The molecule has 4 nitrogen and oxygen atoms in total. The molecule has 3 rings (SSSR count). The topological polar surface area (TPSA) is 44.1 Å². The first-order valence-electron chi connectivity index (χ1n) is 5.83. The second kappa shape index (κ2) is 4.85. The molecule has 19 heavy (non-hydrogen) atoms. The average Bonchev–Trinajstić information content (AvgIpc) is 3.08. The molecule has 3 aromatic rings. The van der Waals surface area contributed by atoms with E-state index in [2.05, 4.69) is 21.0 Å². The van der Waals surface area contributed by atoms with E-state index < -0.39 is 0 Å². The van der Waals surface area contributed by atoms with Crippen molar-refractivity contribution in [2.24, 2.45) is 0 Å². The Morgan fingerprint density at radius 3 is 3.05 bits per heavy atom. The molecule has 0 fully saturated rings. The van der Waals surface area contributed by atoms with Crippen LogP contribution in [0.5, 0.6) is 0 Å². The molecule has 96 valence electrons. The number of nitrogens with zero attached hydrogens (tertiary/aromatic N) is 2. The molecule has 0 spiro atoms. The maximum atomic E-state index is 11.5. The van der Waals surface area contributed by atoms with Gasteiger partial charge in [0.2, 0.25) is 0 Å². The molecule has 0 N–H and O–H groups in total. The first-order valence-corrected chi connectivity index (χ1v) is 6.71. The van der Waals surface area contributed by atoms with Gasteiger partial charge in [0, 0.05) is 4.88 Å². The van der Waals surface area contributed by atoms with Crippen molar-refractivity contribution in [3.05, 3.63) is 52.5 Å². The predicted molar refractivity (Wildman–Crippen MR) is 74.5 cm³/mol. The van der Waals surface area contributed by atoms with E-state index >= 15 is 0 Å². The monoisotopic (exact) mass is 272 g/mol. The SMILES string of the molecule is COC(=O)c1ccc2c(c1)ncn2Cc1cccs1. The molecule has 0 aliphatic carbocycles. The van der Waals surface area contributed by atoms with Gasteiger partial charge in [0.15, 0.2) is 0 Å². The third-order valence-electron chi connectivity index (χ3n) is 2.95. The van der Waals surface area contributed by atoms with Gasteiger partial charge in [-0.25, -0.2) is 9.78 Å². The van der Waals surface area contributed by atoms with Gasteiger partial charge in [0.05, 0.1) is 36.6 Å². The zero-order chi connectivity index (χ0) is 13.2. The maximum absolute atomic E-state index is 11.5. The minimum atomic E-state index is -0.338. The van der Waals surface area contributed by atoms with Crippen LogP contribution in [0, 0.1) is 0 Å². The lowest BCUT2D eigenvalue weighted by molar-refractivity contribution is 0.0601. The highest BCUT2D eigenvalue weighted by Gasteiger charge is 2.09. The number of imidazole rings is 1. The van der Waals surface area contributed by atoms with Gasteiger partial charge >= 0.3 is 5.97 Å². The van der Waals surface area contributed by atoms with Gasteiger partial charge in [-0.05, 0) is 29.6 Å². The molecule has 0 unspecified atom stereocenters. The van der Waals surface area contributed by atoms with Gasteiger partial charge in [0.1, 0.15) is 0 Å². The Kier molecular flexibility index (Phi) is 3.05. The third-order valence-corrected chi connectivity index (χ3v) is 3.81. The number of rotatable bonds is 3. The van der Waals surface area contributed by atoms with Gasteiger partial charge < -0.3 is 9.30 Å². The highest BCUT2D eigenvalue weighted by atomic mass is 32.1. The number of thiophene rings is 1. The van der Waals surface area contributed by atoms with Gasteiger partial charge in [-0.2, -0.15) is 0 Å². The molecule has 0 aliphatic heterocycles. The number of carbonyl (C=O) groups excluding carboxylic acids is 1. The highest BCUT2D eigenvalue weighted by Crippen LogP contribution is 2.18. The molecule has 1 aromatic carbocycles. The van der Waals surface area contributed by atoms with Crippen LogP contribution in [0.25, 0.3) is 11.0 Å². The first kappa shape index (κ1) is 11.9. The van der Waals surface area contributed by atoms with Crippen LogP contribution in [-0.2, 0) is 11.3 Å². The number of aromatic nitrogens is 2. The molecule has 0 saturated heterocycles. The molecule has 0 atom stereocenters. The van der Waals surface area contributed by atoms with E-state index in [-0.39, 0.29) is 5.97 Å². The van der Waals surface area contributed by atoms with Crippen LogP contribution < -0.4 is 0 Å². The summed E-state index contributed by atoms with van der Waals surface area (Å²) < 4.78 is 6.78. The number of esters is 1. The molecule has 2 aromatic heterocycles. The zero-order valence-electron chi connectivity index (χ0n) is 10.4. The quantitative estimate of drug-likeness (QED) is 0.689. The van der Waals surface area contributed by atoms with Crippen molar-refractivity contribution in [3.63, 3.8) is 0 Å². The van der Waals surface area contributed by atoms with Gasteiger partial charge in [-0.3, -0.25) is 0 Å². The molecule has 0 aliphatic rings. The zero-order valence-corrected chi connectivity index (χ0v) is 11.2. The Hall–Kier alpha value is -2.14. The fourth-order valence-corrected chi connectivity index (χ4v) is 2.71. The summed E-state index contributed by atoms with van der Waals surface area (Å²) in [6.45, 7) is 0.797. The van der Waals surface area contributed by atoms with Crippen LogP contribution in [0.4, 0.5) is 0 Å². The van der Waals surface area contributed by atoms with E-state index in [4.69, 9.17) is 4.74 Å². The number of ether oxygens (including phenoxy) is 1. The highest BCUT2D eigenvalue weighted by molar-refractivity contribution is 7.09. The minimum Gasteiger partial charge on any atom is -0.465 e. The molecule has 0 radical (unpaired) electrons. The second-order valence-electron chi connectivity index (χ2n) is 4.15. The lowest BCUT2D eigenvalue weighted by Gasteiger charge is -2.03. The van der Waals surface area contributed by atoms with Crippen LogP contribution in [0.15, 0.2) is 42.0 Å². The number of carbonyl (C=O) groups is 1. The standard InChI is InChI=1S/C14H12N2O2S/c1-18-14(17)10-4-5-13-12(7-10)15-9-16(13)8-11-3-2-6-19-11/h2-7,9H,8H2,1H3. The van der Waals surface area contributed by atoms with Crippen LogP contribution in [-0.4, -0.2) is 22.6 Å². The van der Waals surface area contributed by atoms with E-state index in [1.165, 1.54) is 12.0 Å². The van der Waals surface area contributed by atoms with Crippen molar-refractivity contribution >= 4 is 28.3 Å². The van der Waals surface area contributed by atoms with Crippen LogP contribution in [0.2, 0.25) is 0 Å². The number of hydrogen-bond acceptors (Lipinski definition) is 4. The van der Waals surface area contributed by atoms with Gasteiger partial charge in [-0.15, -0.1) is 11.3 Å². The van der Waals surface area contributed by atoms with Crippen LogP contribution >= 0.6 is 11.3 Å². The number of hydrogen-bond donors (Lipinski definition) is 0. The predicted octanol–water partition coefficient (Wildman–Crippen LogP) is 2.93. The van der Waals surface area contributed by atoms with Crippen molar-refractivity contribution < 1.29 is 9.53 Å². The summed E-state index contributed by atoms with van der Waals surface area (Å²) >= 11 is 1.72. The van der Waals surface area contributed by atoms with Gasteiger partial charge in [-0.1, -0.05) is 6.07 Å². The number of fused-ring (bicyclic) bond motifs is 1. The molecular formula is C14H12N2O2S. The summed E-state index contributed by atoms with van der Waals surface area (Å²) in [5.41, 5.74) is 2.34. The molecule has 0 saturated carbocycles. The summed E-state index contributed by atoms with van der Waals surface area (Å²) in [4.78, 5) is 17.1. The fourth-order valence-electron chi connectivity index (χ4n) is 2.01. The van der Waals surface area contributed by atoms with Crippen LogP contribution in [0.1, 0.15) is 15.2 Å². The van der Waals surface area contributed by atoms with E-state index in [0.29, 0.717) is 5.56 Å². The largest absolute Gasteiger partial charge is 0.465 e. The Morgan fingerprint density at radius 2 is 2.32 bits per heavy atom. The summed E-state index contributed by atoms with van der Waals surface area (Å²) in [5.74, 6) is -0.338. The van der Waals surface area contributed by atoms with E-state index in [1.54, 1.807) is 29.8 Å². The summed E-state index contributed by atoms with van der Waals surface area (Å²) in [7, 11) is 1.38. The Morgan fingerprint density at radius 1 is 1.42 bits per heavy atom. The van der Waals surface area contributed by atoms with Crippen molar-refractivity contribution in [2.75, 3.05) is 7.11 Å². The van der Waals surface area contributed by atoms with E-state index in [0.717, 1.165) is 17.6 Å². The molecule has 5 heteroatoms. The van der Waals surface area contributed by atoms with E-state index in [9.17, 15) is 4.79 Å². The smallest absolute Gasteiger partial charge is 0.337 e. The van der Waals surface area contributed by atoms with Crippen molar-refractivity contribution in [2.45, 2.75) is 6.54 Å². The lowest BCUT2D eigenvalue weighted by Crippen LogP contribution is -2.01. The first-order chi connectivity index (χ1) is 9.28.